The maximum absolute atomic E-state index is 4.56. The first-order chi connectivity index (χ1) is 9.83. The fourth-order valence-electron chi connectivity index (χ4n) is 2.86. The van der Waals surface area contributed by atoms with Crippen LogP contribution in [0.3, 0.4) is 0 Å². The third-order valence-corrected chi connectivity index (χ3v) is 4.25. The van der Waals surface area contributed by atoms with Gasteiger partial charge in [-0.1, -0.05) is 0 Å². The Morgan fingerprint density at radius 3 is 2.95 bits per heavy atom. The summed E-state index contributed by atoms with van der Waals surface area (Å²) in [7, 11) is 0. The molecular formula is C15H13BrN4. The number of imidazole rings is 1. The molecular weight excluding hydrogens is 316 g/mol. The lowest BCUT2D eigenvalue weighted by molar-refractivity contribution is 0.656. The van der Waals surface area contributed by atoms with Crippen LogP contribution in [0.15, 0.2) is 35.3 Å². The van der Waals surface area contributed by atoms with E-state index < -0.39 is 0 Å². The maximum Gasteiger partial charge on any atom is 0.113 e. The van der Waals surface area contributed by atoms with Crippen LogP contribution >= 0.6 is 15.9 Å². The molecule has 0 N–H and O–H groups in total. The van der Waals surface area contributed by atoms with Gasteiger partial charge in [0, 0.05) is 22.6 Å². The molecule has 0 aromatic carbocycles. The lowest BCUT2D eigenvalue weighted by atomic mass is 10.0. The van der Waals surface area contributed by atoms with Crippen molar-refractivity contribution in [3.63, 3.8) is 0 Å². The standard InChI is InChI=1S/C15H13BrN4/c16-10-7-12-15(18-8-10)14(5-6-17-12)20-9-19-11-3-1-2-4-13(11)20/h5-9H,1-4H2. The minimum absolute atomic E-state index is 0.898. The van der Waals surface area contributed by atoms with Gasteiger partial charge in [0.2, 0.25) is 0 Å². The van der Waals surface area contributed by atoms with Crippen LogP contribution < -0.4 is 0 Å². The molecule has 1 aliphatic carbocycles. The van der Waals surface area contributed by atoms with Crippen LogP contribution in [0, 0.1) is 0 Å². The van der Waals surface area contributed by atoms with E-state index in [1.165, 1.54) is 24.2 Å². The number of rotatable bonds is 1. The number of halogens is 1. The van der Waals surface area contributed by atoms with Crippen molar-refractivity contribution in [2.45, 2.75) is 25.7 Å². The smallest absolute Gasteiger partial charge is 0.113 e. The van der Waals surface area contributed by atoms with Crippen molar-refractivity contribution in [3.05, 3.63) is 46.7 Å². The number of aryl methyl sites for hydroxylation is 1. The van der Waals surface area contributed by atoms with Gasteiger partial charge in [-0.2, -0.15) is 0 Å². The van der Waals surface area contributed by atoms with Crippen LogP contribution in [0.4, 0.5) is 0 Å². The van der Waals surface area contributed by atoms with Crippen molar-refractivity contribution in [1.29, 1.82) is 0 Å². The third-order valence-electron chi connectivity index (χ3n) is 3.81. The van der Waals surface area contributed by atoms with E-state index in [2.05, 4.69) is 35.4 Å². The predicted octanol–water partition coefficient (Wildman–Crippen LogP) is 3.46. The lowest BCUT2D eigenvalue weighted by Crippen LogP contribution is -2.07. The molecule has 0 spiro atoms. The summed E-state index contributed by atoms with van der Waals surface area (Å²) in [5.41, 5.74) is 5.45. The van der Waals surface area contributed by atoms with Crippen molar-refractivity contribution >= 4 is 27.0 Å². The molecule has 5 heteroatoms. The Hall–Kier alpha value is -1.75. The molecule has 20 heavy (non-hydrogen) atoms. The van der Waals surface area contributed by atoms with E-state index in [0.29, 0.717) is 0 Å². The van der Waals surface area contributed by atoms with Crippen molar-refractivity contribution < 1.29 is 0 Å². The van der Waals surface area contributed by atoms with Gasteiger partial charge in [0.1, 0.15) is 5.52 Å². The molecule has 0 fully saturated rings. The summed E-state index contributed by atoms with van der Waals surface area (Å²) in [4.78, 5) is 13.5. The monoisotopic (exact) mass is 328 g/mol. The first-order valence-electron chi connectivity index (χ1n) is 6.78. The fourth-order valence-corrected chi connectivity index (χ4v) is 3.18. The number of aromatic nitrogens is 4. The highest BCUT2D eigenvalue weighted by Crippen LogP contribution is 2.26. The van der Waals surface area contributed by atoms with Crippen molar-refractivity contribution in [1.82, 2.24) is 19.5 Å². The number of fused-ring (bicyclic) bond motifs is 2. The zero-order valence-corrected chi connectivity index (χ0v) is 12.5. The van der Waals surface area contributed by atoms with Gasteiger partial charge in [-0.15, -0.1) is 0 Å². The quantitative estimate of drug-likeness (QED) is 0.687. The summed E-state index contributed by atoms with van der Waals surface area (Å²) >= 11 is 3.44. The highest BCUT2D eigenvalue weighted by atomic mass is 79.9. The molecule has 3 aromatic rings. The highest BCUT2D eigenvalue weighted by molar-refractivity contribution is 9.10. The molecule has 4 nitrogen and oxygen atoms in total. The van der Waals surface area contributed by atoms with Crippen LogP contribution in [0.5, 0.6) is 0 Å². The SMILES string of the molecule is Brc1cnc2c(-n3cnc4c3CCCC4)ccnc2c1. The van der Waals surface area contributed by atoms with Gasteiger partial charge in [0.25, 0.3) is 0 Å². The summed E-state index contributed by atoms with van der Waals surface area (Å²) in [5.74, 6) is 0. The summed E-state index contributed by atoms with van der Waals surface area (Å²) in [6.45, 7) is 0. The second kappa shape index (κ2) is 4.66. The number of hydrogen-bond acceptors (Lipinski definition) is 3. The molecule has 0 aliphatic heterocycles. The summed E-state index contributed by atoms with van der Waals surface area (Å²) < 4.78 is 3.13. The van der Waals surface area contributed by atoms with Crippen molar-refractivity contribution in [2.75, 3.05) is 0 Å². The van der Waals surface area contributed by atoms with E-state index >= 15 is 0 Å². The Kier molecular flexibility index (Phi) is 2.80. The number of hydrogen-bond donors (Lipinski definition) is 0. The summed E-state index contributed by atoms with van der Waals surface area (Å²) in [6, 6.07) is 4.01. The summed E-state index contributed by atoms with van der Waals surface area (Å²) in [6.07, 6.45) is 10.2. The Balaban J connectivity index is 1.96. The third kappa shape index (κ3) is 1.85. The lowest BCUT2D eigenvalue weighted by Gasteiger charge is -2.14. The molecule has 3 heterocycles. The predicted molar refractivity (Wildman–Crippen MR) is 81.0 cm³/mol. The molecule has 3 aromatic heterocycles. The molecule has 100 valence electrons. The van der Waals surface area contributed by atoms with Crippen molar-refractivity contribution in [3.8, 4) is 5.69 Å². The Morgan fingerprint density at radius 1 is 1.10 bits per heavy atom. The van der Waals surface area contributed by atoms with Gasteiger partial charge < -0.3 is 4.57 Å². The zero-order chi connectivity index (χ0) is 13.5. The fraction of sp³-hybridized carbons (Fsp3) is 0.267. The molecule has 0 amide bonds. The Morgan fingerprint density at radius 2 is 2.00 bits per heavy atom. The van der Waals surface area contributed by atoms with E-state index in [-0.39, 0.29) is 0 Å². The molecule has 0 radical (unpaired) electrons. The first-order valence-corrected chi connectivity index (χ1v) is 7.58. The molecule has 1 aliphatic rings. The van der Waals surface area contributed by atoms with E-state index in [1.54, 1.807) is 0 Å². The molecule has 0 saturated carbocycles. The van der Waals surface area contributed by atoms with Gasteiger partial charge in [-0.3, -0.25) is 9.97 Å². The average molecular weight is 329 g/mol. The van der Waals surface area contributed by atoms with Crippen LogP contribution in [0.1, 0.15) is 24.2 Å². The van der Waals surface area contributed by atoms with Gasteiger partial charge in [-0.05, 0) is 53.7 Å². The molecule has 0 unspecified atom stereocenters. The van der Waals surface area contributed by atoms with E-state index in [4.69, 9.17) is 0 Å². The van der Waals surface area contributed by atoms with Gasteiger partial charge in [0.15, 0.2) is 0 Å². The van der Waals surface area contributed by atoms with Gasteiger partial charge in [0.05, 0.1) is 23.2 Å². The Labute approximate surface area is 125 Å². The summed E-state index contributed by atoms with van der Waals surface area (Å²) in [5, 5.41) is 0. The molecule has 0 atom stereocenters. The maximum atomic E-state index is 4.56. The van der Waals surface area contributed by atoms with Crippen LogP contribution in [-0.4, -0.2) is 19.5 Å². The van der Waals surface area contributed by atoms with E-state index in [9.17, 15) is 0 Å². The van der Waals surface area contributed by atoms with Crippen LogP contribution in [0.25, 0.3) is 16.7 Å². The zero-order valence-electron chi connectivity index (χ0n) is 10.9. The highest BCUT2D eigenvalue weighted by Gasteiger charge is 2.17. The first kappa shape index (κ1) is 12.0. The van der Waals surface area contributed by atoms with Crippen LogP contribution in [0.2, 0.25) is 0 Å². The normalized spacial score (nSPS) is 14.4. The van der Waals surface area contributed by atoms with Crippen LogP contribution in [-0.2, 0) is 12.8 Å². The number of pyridine rings is 2. The largest absolute Gasteiger partial charge is 0.301 e. The number of nitrogens with zero attached hydrogens (tertiary/aromatic N) is 4. The van der Waals surface area contributed by atoms with Gasteiger partial charge >= 0.3 is 0 Å². The molecule has 0 saturated heterocycles. The Bertz CT molecular complexity index is 794. The minimum Gasteiger partial charge on any atom is -0.301 e. The van der Waals surface area contributed by atoms with E-state index in [1.807, 2.05) is 30.9 Å². The second-order valence-electron chi connectivity index (χ2n) is 5.07. The minimum atomic E-state index is 0.898. The van der Waals surface area contributed by atoms with E-state index in [0.717, 1.165) is 34.0 Å². The average Bonchev–Trinajstić information content (AvgIpc) is 2.90. The second-order valence-corrected chi connectivity index (χ2v) is 5.98. The molecule has 4 rings (SSSR count). The van der Waals surface area contributed by atoms with Gasteiger partial charge in [-0.25, -0.2) is 4.98 Å². The van der Waals surface area contributed by atoms with Crippen molar-refractivity contribution in [2.24, 2.45) is 0 Å². The molecule has 0 bridgehead atoms. The topological polar surface area (TPSA) is 43.6 Å².